The van der Waals surface area contributed by atoms with E-state index in [1.165, 1.54) is 0 Å². The Morgan fingerprint density at radius 1 is 1.43 bits per heavy atom. The summed E-state index contributed by atoms with van der Waals surface area (Å²) in [6.07, 6.45) is 2.99. The van der Waals surface area contributed by atoms with Crippen LogP contribution in [0.3, 0.4) is 0 Å². The minimum absolute atomic E-state index is 0.0420. The summed E-state index contributed by atoms with van der Waals surface area (Å²) in [4.78, 5) is 11.0. The van der Waals surface area contributed by atoms with E-state index in [0.717, 1.165) is 12.0 Å². The zero-order chi connectivity index (χ0) is 10.2. The molecule has 0 saturated heterocycles. The second kappa shape index (κ2) is 5.91. The van der Waals surface area contributed by atoms with Crippen LogP contribution in [0.5, 0.6) is 0 Å². The van der Waals surface area contributed by atoms with Gasteiger partial charge in [0.15, 0.2) is 0 Å². The second-order valence-electron chi connectivity index (χ2n) is 2.95. The average molecular weight is 190 g/mol. The number of benzene rings is 1. The van der Waals surface area contributed by atoms with Gasteiger partial charge in [0.1, 0.15) is 0 Å². The van der Waals surface area contributed by atoms with E-state index in [4.69, 9.17) is 0 Å². The van der Waals surface area contributed by atoms with Crippen LogP contribution in [0.1, 0.15) is 25.3 Å². The molecule has 0 fully saturated rings. The lowest BCUT2D eigenvalue weighted by Crippen LogP contribution is -2.16. The summed E-state index contributed by atoms with van der Waals surface area (Å²) in [5.74, 6) is -0.0420. The molecule has 0 radical (unpaired) electrons. The largest absolute Gasteiger partial charge is 0.273 e. The van der Waals surface area contributed by atoms with Gasteiger partial charge in [-0.05, 0) is 12.0 Å². The number of hydrazone groups is 1. The van der Waals surface area contributed by atoms with Crippen molar-refractivity contribution in [1.82, 2.24) is 5.43 Å². The fourth-order valence-electron chi connectivity index (χ4n) is 1.00. The molecule has 0 saturated carbocycles. The molecule has 0 unspecified atom stereocenters. The zero-order valence-electron chi connectivity index (χ0n) is 8.23. The molecule has 0 heterocycles. The highest BCUT2D eigenvalue weighted by Gasteiger charge is 1.94. The van der Waals surface area contributed by atoms with E-state index in [-0.39, 0.29) is 5.91 Å². The molecule has 0 aliphatic rings. The normalized spacial score (nSPS) is 10.4. The van der Waals surface area contributed by atoms with Crippen LogP contribution in [0.4, 0.5) is 0 Å². The zero-order valence-corrected chi connectivity index (χ0v) is 8.23. The molecule has 74 valence electrons. The van der Waals surface area contributed by atoms with Crippen LogP contribution >= 0.6 is 0 Å². The van der Waals surface area contributed by atoms with Crippen LogP contribution in [0.25, 0.3) is 0 Å². The third-order valence-electron chi connectivity index (χ3n) is 1.68. The predicted octanol–water partition coefficient (Wildman–Crippen LogP) is 1.94. The van der Waals surface area contributed by atoms with E-state index < -0.39 is 0 Å². The number of nitrogens with one attached hydrogen (secondary N) is 1. The summed E-state index contributed by atoms with van der Waals surface area (Å²) >= 11 is 0. The number of hydrogen-bond acceptors (Lipinski definition) is 2. The molecule has 0 atom stereocenters. The Morgan fingerprint density at radius 2 is 2.14 bits per heavy atom. The van der Waals surface area contributed by atoms with Gasteiger partial charge in [0, 0.05) is 6.42 Å². The molecule has 0 aliphatic carbocycles. The molecule has 14 heavy (non-hydrogen) atoms. The Morgan fingerprint density at radius 3 is 2.79 bits per heavy atom. The molecule has 1 amide bonds. The van der Waals surface area contributed by atoms with E-state index in [9.17, 15) is 4.79 Å². The first kappa shape index (κ1) is 10.4. The van der Waals surface area contributed by atoms with Gasteiger partial charge in [-0.1, -0.05) is 37.3 Å². The van der Waals surface area contributed by atoms with Crippen LogP contribution in [-0.2, 0) is 4.79 Å². The number of amides is 1. The summed E-state index contributed by atoms with van der Waals surface area (Å²) in [5.41, 5.74) is 3.44. The maximum Gasteiger partial charge on any atom is 0.240 e. The third kappa shape index (κ3) is 3.85. The molecule has 1 aromatic carbocycles. The molecule has 1 aromatic rings. The fraction of sp³-hybridized carbons (Fsp3) is 0.273. The van der Waals surface area contributed by atoms with Crippen molar-refractivity contribution in [2.24, 2.45) is 5.10 Å². The van der Waals surface area contributed by atoms with E-state index in [0.29, 0.717) is 6.42 Å². The Kier molecular flexibility index (Phi) is 4.41. The fourth-order valence-corrected chi connectivity index (χ4v) is 1.00. The molecule has 1 rings (SSSR count). The van der Waals surface area contributed by atoms with Gasteiger partial charge in [-0.3, -0.25) is 4.79 Å². The number of hydrogen-bond donors (Lipinski definition) is 1. The summed E-state index contributed by atoms with van der Waals surface area (Å²) in [6.45, 7) is 1.96. The van der Waals surface area contributed by atoms with Gasteiger partial charge in [-0.15, -0.1) is 0 Å². The standard InChI is InChI=1S/C11H14N2O/c1-2-6-11(14)13-12-9-10-7-4-3-5-8-10/h3-5,7-9H,2,6H2,1H3,(H,13,14). The van der Waals surface area contributed by atoms with E-state index >= 15 is 0 Å². The minimum Gasteiger partial charge on any atom is -0.273 e. The summed E-state index contributed by atoms with van der Waals surface area (Å²) in [5, 5.41) is 3.84. The molecule has 0 bridgehead atoms. The van der Waals surface area contributed by atoms with Crippen molar-refractivity contribution in [1.29, 1.82) is 0 Å². The first-order valence-electron chi connectivity index (χ1n) is 4.70. The van der Waals surface area contributed by atoms with Gasteiger partial charge < -0.3 is 0 Å². The minimum atomic E-state index is -0.0420. The first-order valence-corrected chi connectivity index (χ1v) is 4.70. The second-order valence-corrected chi connectivity index (χ2v) is 2.95. The van der Waals surface area contributed by atoms with Gasteiger partial charge in [0.05, 0.1) is 6.21 Å². The van der Waals surface area contributed by atoms with Gasteiger partial charge >= 0.3 is 0 Å². The Hall–Kier alpha value is -1.64. The van der Waals surface area contributed by atoms with Crippen molar-refractivity contribution in [3.05, 3.63) is 35.9 Å². The smallest absolute Gasteiger partial charge is 0.240 e. The maximum atomic E-state index is 11.0. The van der Waals surface area contributed by atoms with Crippen molar-refractivity contribution in [3.8, 4) is 0 Å². The third-order valence-corrected chi connectivity index (χ3v) is 1.68. The summed E-state index contributed by atoms with van der Waals surface area (Å²) < 4.78 is 0. The monoisotopic (exact) mass is 190 g/mol. The molecule has 3 nitrogen and oxygen atoms in total. The first-order chi connectivity index (χ1) is 6.83. The summed E-state index contributed by atoms with van der Waals surface area (Å²) in [7, 11) is 0. The molecule has 3 heteroatoms. The molecule has 0 aliphatic heterocycles. The van der Waals surface area contributed by atoms with Crippen molar-refractivity contribution in [2.45, 2.75) is 19.8 Å². The number of nitrogens with zero attached hydrogens (tertiary/aromatic N) is 1. The number of carbonyl (C=O) groups is 1. The summed E-state index contributed by atoms with van der Waals surface area (Å²) in [6, 6.07) is 9.64. The van der Waals surface area contributed by atoms with Crippen LogP contribution in [0, 0.1) is 0 Å². The molecular weight excluding hydrogens is 176 g/mol. The van der Waals surface area contributed by atoms with Gasteiger partial charge in [-0.2, -0.15) is 5.10 Å². The Balaban J connectivity index is 2.38. The van der Waals surface area contributed by atoms with Crippen molar-refractivity contribution < 1.29 is 4.79 Å². The van der Waals surface area contributed by atoms with Crippen LogP contribution in [-0.4, -0.2) is 12.1 Å². The van der Waals surface area contributed by atoms with E-state index in [1.54, 1.807) is 6.21 Å². The van der Waals surface area contributed by atoms with Crippen LogP contribution in [0.15, 0.2) is 35.4 Å². The highest BCUT2D eigenvalue weighted by atomic mass is 16.2. The van der Waals surface area contributed by atoms with Crippen LogP contribution in [0.2, 0.25) is 0 Å². The number of carbonyl (C=O) groups excluding carboxylic acids is 1. The topological polar surface area (TPSA) is 41.5 Å². The van der Waals surface area contributed by atoms with Crippen LogP contribution < -0.4 is 5.43 Å². The maximum absolute atomic E-state index is 11.0. The lowest BCUT2D eigenvalue weighted by molar-refractivity contribution is -0.121. The molecule has 1 N–H and O–H groups in total. The predicted molar refractivity (Wildman–Crippen MR) is 57.1 cm³/mol. The SMILES string of the molecule is CCCC(=O)NN=Cc1ccccc1. The van der Waals surface area contributed by atoms with Gasteiger partial charge in [0.2, 0.25) is 5.91 Å². The van der Waals surface area contributed by atoms with Gasteiger partial charge in [0.25, 0.3) is 0 Å². The van der Waals surface area contributed by atoms with Crippen molar-refractivity contribution >= 4 is 12.1 Å². The molecule has 0 aromatic heterocycles. The van der Waals surface area contributed by atoms with Gasteiger partial charge in [-0.25, -0.2) is 5.43 Å². The molecular formula is C11H14N2O. The van der Waals surface area contributed by atoms with Crippen molar-refractivity contribution in [2.75, 3.05) is 0 Å². The highest BCUT2D eigenvalue weighted by molar-refractivity contribution is 5.82. The van der Waals surface area contributed by atoms with E-state index in [1.807, 2.05) is 37.3 Å². The van der Waals surface area contributed by atoms with E-state index in [2.05, 4.69) is 10.5 Å². The molecule has 0 spiro atoms. The quantitative estimate of drug-likeness (QED) is 0.572. The number of rotatable bonds is 4. The van der Waals surface area contributed by atoms with Crippen molar-refractivity contribution in [3.63, 3.8) is 0 Å². The lowest BCUT2D eigenvalue weighted by atomic mass is 10.2. The Labute approximate surface area is 83.8 Å². The Bertz CT molecular complexity index is 306. The lowest BCUT2D eigenvalue weighted by Gasteiger charge is -1.95. The average Bonchev–Trinajstić information content (AvgIpc) is 2.20. The highest BCUT2D eigenvalue weighted by Crippen LogP contribution is 1.93.